The molecule has 0 radical (unpaired) electrons. The third kappa shape index (κ3) is 2.48. The van der Waals surface area contributed by atoms with Crippen LogP contribution in [0.3, 0.4) is 0 Å². The largest absolute Gasteiger partial charge is 0.395 e. The average molecular weight is 233 g/mol. The zero-order valence-electron chi connectivity index (χ0n) is 10.4. The molecule has 0 spiro atoms. The first kappa shape index (κ1) is 12.1. The third-order valence-corrected chi connectivity index (χ3v) is 2.94. The van der Waals surface area contributed by atoms with Crippen molar-refractivity contribution < 1.29 is 5.11 Å². The number of aromatic nitrogens is 2. The maximum absolute atomic E-state index is 8.91. The van der Waals surface area contributed by atoms with Crippen molar-refractivity contribution in [3.05, 3.63) is 30.0 Å². The second-order valence-electron chi connectivity index (χ2n) is 4.24. The smallest absolute Gasteiger partial charge is 0.0843 e. The van der Waals surface area contributed by atoms with Crippen LogP contribution in [0.25, 0.3) is 10.9 Å². The van der Waals surface area contributed by atoms with Crippen molar-refractivity contribution in [2.24, 2.45) is 0 Å². The molecule has 0 bridgehead atoms. The van der Waals surface area contributed by atoms with E-state index in [0.29, 0.717) is 6.54 Å². The Morgan fingerprint density at radius 3 is 2.82 bits per heavy atom. The number of aliphatic hydroxyl groups excluding tert-OH is 1. The van der Waals surface area contributed by atoms with Crippen LogP contribution in [-0.2, 0) is 13.1 Å². The topological polar surface area (TPSA) is 41.3 Å². The fourth-order valence-corrected chi connectivity index (χ4v) is 2.06. The summed E-state index contributed by atoms with van der Waals surface area (Å²) in [6.07, 6.45) is 0. The fourth-order valence-electron chi connectivity index (χ4n) is 2.06. The summed E-state index contributed by atoms with van der Waals surface area (Å²) in [6, 6.07) is 8.29. The van der Waals surface area contributed by atoms with Gasteiger partial charge in [0.1, 0.15) is 0 Å². The molecule has 1 aromatic heterocycles. The number of hydrogen-bond acceptors (Lipinski definition) is 3. The molecule has 0 aliphatic rings. The lowest BCUT2D eigenvalue weighted by Gasteiger charge is -2.13. The third-order valence-electron chi connectivity index (χ3n) is 2.94. The summed E-state index contributed by atoms with van der Waals surface area (Å²) in [5.74, 6) is 0. The van der Waals surface area contributed by atoms with E-state index in [1.165, 1.54) is 10.9 Å². The van der Waals surface area contributed by atoms with Crippen LogP contribution in [0.5, 0.6) is 0 Å². The molecule has 4 nitrogen and oxygen atoms in total. The Labute approximate surface area is 101 Å². The minimum Gasteiger partial charge on any atom is -0.395 e. The van der Waals surface area contributed by atoms with Gasteiger partial charge in [-0.2, -0.15) is 5.10 Å². The fraction of sp³-hybridized carbons (Fsp3) is 0.462. The Balaban J connectivity index is 2.33. The Kier molecular flexibility index (Phi) is 3.76. The summed E-state index contributed by atoms with van der Waals surface area (Å²) in [7, 11) is 2.00. The van der Waals surface area contributed by atoms with Crippen molar-refractivity contribution >= 4 is 10.9 Å². The van der Waals surface area contributed by atoms with Gasteiger partial charge in [-0.3, -0.25) is 9.58 Å². The number of benzene rings is 1. The lowest BCUT2D eigenvalue weighted by molar-refractivity contribution is 0.216. The maximum atomic E-state index is 8.91. The van der Waals surface area contributed by atoms with Gasteiger partial charge in [0.15, 0.2) is 0 Å². The molecule has 4 heteroatoms. The molecule has 2 aromatic rings. The molecule has 0 fully saturated rings. The molecular formula is C13H19N3O. The van der Waals surface area contributed by atoms with Gasteiger partial charge in [-0.1, -0.05) is 18.2 Å². The van der Waals surface area contributed by atoms with Crippen LogP contribution in [-0.4, -0.2) is 40.0 Å². The summed E-state index contributed by atoms with van der Waals surface area (Å²) < 4.78 is 2.03. The highest BCUT2D eigenvalue weighted by Crippen LogP contribution is 2.19. The van der Waals surface area contributed by atoms with Gasteiger partial charge < -0.3 is 5.11 Å². The zero-order chi connectivity index (χ0) is 12.3. The summed E-state index contributed by atoms with van der Waals surface area (Å²) in [5, 5.41) is 14.7. The minimum absolute atomic E-state index is 0.183. The lowest BCUT2D eigenvalue weighted by atomic mass is 10.2. The highest BCUT2D eigenvalue weighted by atomic mass is 16.3. The van der Waals surface area contributed by atoms with Crippen molar-refractivity contribution in [3.8, 4) is 0 Å². The first-order chi connectivity index (χ1) is 8.26. The molecule has 1 aromatic carbocycles. The normalized spacial score (nSPS) is 11.5. The average Bonchev–Trinajstić information content (AvgIpc) is 2.68. The van der Waals surface area contributed by atoms with E-state index in [1.807, 2.05) is 23.9 Å². The standard InChI is InChI=1S/C13H19N3O/c1-3-16-13-7-5-4-6-11(13)12(14-16)10-15(2)8-9-17/h4-7,17H,3,8-10H2,1-2H3. The molecule has 92 valence electrons. The molecule has 0 aliphatic heterocycles. The SMILES string of the molecule is CCn1nc(CN(C)CCO)c2ccccc21. The summed E-state index contributed by atoms with van der Waals surface area (Å²) in [5.41, 5.74) is 2.26. The van der Waals surface area contributed by atoms with Crippen molar-refractivity contribution in [1.82, 2.24) is 14.7 Å². The van der Waals surface area contributed by atoms with E-state index in [-0.39, 0.29) is 6.61 Å². The number of aryl methyl sites for hydroxylation is 1. The Hall–Kier alpha value is -1.39. The van der Waals surface area contributed by atoms with E-state index in [1.54, 1.807) is 0 Å². The Morgan fingerprint density at radius 2 is 2.12 bits per heavy atom. The predicted molar refractivity (Wildman–Crippen MR) is 68.8 cm³/mol. The second kappa shape index (κ2) is 5.29. The molecule has 0 saturated heterocycles. The summed E-state index contributed by atoms with van der Waals surface area (Å²) >= 11 is 0. The number of rotatable bonds is 5. The van der Waals surface area contributed by atoms with Gasteiger partial charge in [0.25, 0.3) is 0 Å². The maximum Gasteiger partial charge on any atom is 0.0843 e. The van der Waals surface area contributed by atoms with Gasteiger partial charge in [-0.15, -0.1) is 0 Å². The molecule has 0 aliphatic carbocycles. The number of likely N-dealkylation sites (N-methyl/N-ethyl adjacent to an activating group) is 1. The number of fused-ring (bicyclic) bond motifs is 1. The number of aliphatic hydroxyl groups is 1. The number of nitrogens with zero attached hydrogens (tertiary/aromatic N) is 3. The quantitative estimate of drug-likeness (QED) is 0.850. The van der Waals surface area contributed by atoms with E-state index < -0.39 is 0 Å². The molecular weight excluding hydrogens is 214 g/mol. The van der Waals surface area contributed by atoms with Crippen molar-refractivity contribution in [1.29, 1.82) is 0 Å². The molecule has 1 heterocycles. The van der Waals surface area contributed by atoms with E-state index in [2.05, 4.69) is 29.1 Å². The van der Waals surface area contributed by atoms with E-state index in [9.17, 15) is 0 Å². The molecule has 0 saturated carbocycles. The van der Waals surface area contributed by atoms with Crippen molar-refractivity contribution in [2.45, 2.75) is 20.0 Å². The van der Waals surface area contributed by atoms with Crippen LogP contribution in [0.1, 0.15) is 12.6 Å². The highest BCUT2D eigenvalue weighted by molar-refractivity contribution is 5.81. The lowest BCUT2D eigenvalue weighted by Crippen LogP contribution is -2.21. The first-order valence-electron chi connectivity index (χ1n) is 6.00. The second-order valence-corrected chi connectivity index (χ2v) is 4.24. The van der Waals surface area contributed by atoms with Gasteiger partial charge in [0.2, 0.25) is 0 Å². The zero-order valence-corrected chi connectivity index (χ0v) is 10.4. The minimum atomic E-state index is 0.183. The molecule has 17 heavy (non-hydrogen) atoms. The number of para-hydroxylation sites is 1. The van der Waals surface area contributed by atoms with Crippen LogP contribution in [0.2, 0.25) is 0 Å². The Morgan fingerprint density at radius 1 is 1.35 bits per heavy atom. The van der Waals surface area contributed by atoms with Gasteiger partial charge in [0, 0.05) is 25.0 Å². The monoisotopic (exact) mass is 233 g/mol. The predicted octanol–water partition coefficient (Wildman–Crippen LogP) is 1.48. The van der Waals surface area contributed by atoms with E-state index in [0.717, 1.165) is 18.8 Å². The van der Waals surface area contributed by atoms with Gasteiger partial charge in [-0.05, 0) is 20.0 Å². The van der Waals surface area contributed by atoms with Gasteiger partial charge in [-0.25, -0.2) is 0 Å². The van der Waals surface area contributed by atoms with E-state index in [4.69, 9.17) is 5.11 Å². The van der Waals surface area contributed by atoms with Crippen LogP contribution >= 0.6 is 0 Å². The summed E-state index contributed by atoms with van der Waals surface area (Å²) in [4.78, 5) is 2.08. The van der Waals surface area contributed by atoms with Gasteiger partial charge in [0.05, 0.1) is 17.8 Å². The van der Waals surface area contributed by atoms with Crippen LogP contribution in [0.4, 0.5) is 0 Å². The van der Waals surface area contributed by atoms with Crippen molar-refractivity contribution in [2.75, 3.05) is 20.2 Å². The van der Waals surface area contributed by atoms with Crippen LogP contribution in [0.15, 0.2) is 24.3 Å². The number of hydrogen-bond donors (Lipinski definition) is 1. The van der Waals surface area contributed by atoms with E-state index >= 15 is 0 Å². The molecule has 2 rings (SSSR count). The van der Waals surface area contributed by atoms with Crippen LogP contribution < -0.4 is 0 Å². The van der Waals surface area contributed by atoms with Crippen LogP contribution in [0, 0.1) is 0 Å². The van der Waals surface area contributed by atoms with Gasteiger partial charge >= 0.3 is 0 Å². The molecule has 0 atom stereocenters. The molecule has 0 unspecified atom stereocenters. The summed E-state index contributed by atoms with van der Waals surface area (Å²) in [6.45, 7) is 4.61. The molecule has 0 amide bonds. The first-order valence-corrected chi connectivity index (χ1v) is 6.00. The highest BCUT2D eigenvalue weighted by Gasteiger charge is 2.10. The Bertz CT molecular complexity index is 492. The van der Waals surface area contributed by atoms with Crippen molar-refractivity contribution in [3.63, 3.8) is 0 Å². The molecule has 1 N–H and O–H groups in total.